The van der Waals surface area contributed by atoms with E-state index in [9.17, 15) is 8.42 Å². The van der Waals surface area contributed by atoms with Gasteiger partial charge in [0.05, 0.1) is 0 Å². The van der Waals surface area contributed by atoms with Crippen molar-refractivity contribution in [2.75, 3.05) is 19.6 Å². The Morgan fingerprint density at radius 2 is 2.00 bits per heavy atom. The third-order valence-corrected chi connectivity index (χ3v) is 4.24. The van der Waals surface area contributed by atoms with Gasteiger partial charge >= 0.3 is 0 Å². The summed E-state index contributed by atoms with van der Waals surface area (Å²) in [6.45, 7) is 6.35. The topological polar surface area (TPSA) is 70.2 Å². The van der Waals surface area contributed by atoms with Gasteiger partial charge < -0.3 is 5.32 Å². The molecular weight excluding hydrogens is 226 g/mol. The van der Waals surface area contributed by atoms with Gasteiger partial charge in [0.15, 0.2) is 0 Å². The van der Waals surface area contributed by atoms with E-state index >= 15 is 0 Å². The molecule has 1 rings (SSSR count). The lowest BCUT2D eigenvalue weighted by molar-refractivity contribution is 0.315. The van der Waals surface area contributed by atoms with Crippen LogP contribution in [0.15, 0.2) is 0 Å². The molecule has 0 amide bonds. The molecule has 0 spiro atoms. The molecule has 6 heteroatoms. The van der Waals surface area contributed by atoms with Gasteiger partial charge in [-0.15, -0.1) is 0 Å². The van der Waals surface area contributed by atoms with E-state index in [1.54, 1.807) is 0 Å². The maximum atomic E-state index is 11.6. The van der Waals surface area contributed by atoms with Crippen LogP contribution in [0.3, 0.4) is 0 Å². The highest BCUT2D eigenvalue weighted by atomic mass is 32.2. The monoisotopic (exact) mass is 249 g/mol. The van der Waals surface area contributed by atoms with Gasteiger partial charge in [-0.25, -0.2) is 4.72 Å². The third-order valence-electron chi connectivity index (χ3n) is 2.97. The maximum absolute atomic E-state index is 11.6. The number of hydrogen-bond acceptors (Lipinski definition) is 3. The van der Waals surface area contributed by atoms with Crippen molar-refractivity contribution in [1.29, 1.82) is 0 Å². The zero-order chi connectivity index (χ0) is 12.0. The summed E-state index contributed by atoms with van der Waals surface area (Å²) in [7, 11) is -3.31. The van der Waals surface area contributed by atoms with Crippen LogP contribution in [-0.2, 0) is 10.2 Å². The molecule has 1 aliphatic rings. The Labute approximate surface area is 98.6 Å². The van der Waals surface area contributed by atoms with Gasteiger partial charge in [0, 0.05) is 12.6 Å². The summed E-state index contributed by atoms with van der Waals surface area (Å²) in [5.74, 6) is 0.444. The highest BCUT2D eigenvalue weighted by molar-refractivity contribution is 7.87. The molecule has 1 aliphatic heterocycles. The van der Waals surface area contributed by atoms with Crippen LogP contribution in [0.2, 0.25) is 0 Å². The largest absolute Gasteiger partial charge is 0.317 e. The van der Waals surface area contributed by atoms with Gasteiger partial charge in [-0.1, -0.05) is 6.92 Å². The molecule has 1 unspecified atom stereocenters. The molecule has 5 nitrogen and oxygen atoms in total. The number of hydrogen-bond donors (Lipinski definition) is 3. The highest BCUT2D eigenvalue weighted by Crippen LogP contribution is 2.16. The average Bonchev–Trinajstić information content (AvgIpc) is 2.27. The van der Waals surface area contributed by atoms with Crippen LogP contribution in [0.25, 0.3) is 0 Å². The Morgan fingerprint density at radius 1 is 1.38 bits per heavy atom. The average molecular weight is 249 g/mol. The fourth-order valence-electron chi connectivity index (χ4n) is 1.96. The lowest BCUT2D eigenvalue weighted by atomic mass is 9.92. The Bertz CT molecular complexity index is 286. The van der Waals surface area contributed by atoms with E-state index in [1.165, 1.54) is 0 Å². The van der Waals surface area contributed by atoms with Gasteiger partial charge in [-0.2, -0.15) is 13.1 Å². The van der Waals surface area contributed by atoms with Crippen molar-refractivity contribution < 1.29 is 8.42 Å². The summed E-state index contributed by atoms with van der Waals surface area (Å²) < 4.78 is 28.4. The molecule has 1 saturated heterocycles. The summed E-state index contributed by atoms with van der Waals surface area (Å²) in [5.41, 5.74) is 0. The van der Waals surface area contributed by atoms with E-state index < -0.39 is 10.2 Å². The van der Waals surface area contributed by atoms with E-state index in [4.69, 9.17) is 0 Å². The van der Waals surface area contributed by atoms with Crippen LogP contribution >= 0.6 is 0 Å². The van der Waals surface area contributed by atoms with Gasteiger partial charge in [-0.05, 0) is 45.2 Å². The molecular formula is C10H23N3O2S. The number of piperidine rings is 1. The van der Waals surface area contributed by atoms with Crippen molar-refractivity contribution in [3.05, 3.63) is 0 Å². The molecule has 1 atom stereocenters. The first kappa shape index (κ1) is 13.9. The highest BCUT2D eigenvalue weighted by Gasteiger charge is 2.23. The summed E-state index contributed by atoms with van der Waals surface area (Å²) in [5, 5.41) is 3.27. The van der Waals surface area contributed by atoms with Crippen LogP contribution in [-0.4, -0.2) is 34.1 Å². The van der Waals surface area contributed by atoms with Crippen molar-refractivity contribution in [2.24, 2.45) is 5.92 Å². The fraction of sp³-hybridized carbons (Fsp3) is 1.00. The van der Waals surface area contributed by atoms with Crippen LogP contribution < -0.4 is 14.8 Å². The van der Waals surface area contributed by atoms with Gasteiger partial charge in [0.25, 0.3) is 10.2 Å². The van der Waals surface area contributed by atoms with E-state index in [1.807, 2.05) is 13.8 Å². The molecule has 0 radical (unpaired) electrons. The molecule has 0 aromatic rings. The van der Waals surface area contributed by atoms with Crippen molar-refractivity contribution in [1.82, 2.24) is 14.8 Å². The summed E-state index contributed by atoms with van der Waals surface area (Å²) in [6, 6.07) is 0.0106. The number of nitrogens with one attached hydrogen (secondary N) is 3. The molecule has 0 saturated carbocycles. The smallest absolute Gasteiger partial charge is 0.277 e. The predicted molar refractivity (Wildman–Crippen MR) is 65.4 cm³/mol. The van der Waals surface area contributed by atoms with E-state index in [2.05, 4.69) is 14.8 Å². The molecule has 0 aromatic carbocycles. The number of rotatable bonds is 6. The van der Waals surface area contributed by atoms with Crippen molar-refractivity contribution in [2.45, 2.75) is 39.2 Å². The van der Waals surface area contributed by atoms with Crippen molar-refractivity contribution in [3.8, 4) is 0 Å². The second-order valence-electron chi connectivity index (χ2n) is 4.39. The maximum Gasteiger partial charge on any atom is 0.277 e. The Balaban J connectivity index is 2.39. The van der Waals surface area contributed by atoms with E-state index in [0.717, 1.165) is 32.4 Å². The Hall–Kier alpha value is -0.170. The first-order valence-electron chi connectivity index (χ1n) is 6.03. The van der Waals surface area contributed by atoms with Crippen LogP contribution in [0.1, 0.15) is 33.1 Å². The quantitative estimate of drug-likeness (QED) is 0.630. The first-order valence-corrected chi connectivity index (χ1v) is 7.51. The van der Waals surface area contributed by atoms with E-state index in [0.29, 0.717) is 12.5 Å². The molecule has 0 aromatic heterocycles. The SMILES string of the molecule is CCCNS(=O)(=O)NC(C)C1CCNCC1. The second kappa shape index (κ2) is 6.54. The predicted octanol–water partition coefficient (Wildman–Crippen LogP) is 0.209. The zero-order valence-electron chi connectivity index (χ0n) is 10.1. The fourth-order valence-corrected chi connectivity index (χ4v) is 3.20. The normalized spacial score (nSPS) is 20.9. The molecule has 1 heterocycles. The molecule has 1 fully saturated rings. The summed E-state index contributed by atoms with van der Waals surface area (Å²) >= 11 is 0. The molecule has 0 bridgehead atoms. The standard InChI is InChI=1S/C10H23N3O2S/c1-3-6-12-16(14,15)13-9(2)10-4-7-11-8-5-10/h9-13H,3-8H2,1-2H3. The van der Waals surface area contributed by atoms with Crippen molar-refractivity contribution >= 4 is 10.2 Å². The van der Waals surface area contributed by atoms with Gasteiger partial charge in [0.1, 0.15) is 0 Å². The molecule has 16 heavy (non-hydrogen) atoms. The molecule has 96 valence electrons. The summed E-state index contributed by atoms with van der Waals surface area (Å²) in [6.07, 6.45) is 2.89. The third kappa shape index (κ3) is 4.78. The van der Waals surface area contributed by atoms with Crippen molar-refractivity contribution in [3.63, 3.8) is 0 Å². The Kier molecular flexibility index (Phi) is 5.68. The van der Waals surface area contributed by atoms with Gasteiger partial charge in [-0.3, -0.25) is 0 Å². The minimum atomic E-state index is -3.31. The van der Waals surface area contributed by atoms with E-state index in [-0.39, 0.29) is 6.04 Å². The second-order valence-corrected chi connectivity index (χ2v) is 5.92. The summed E-state index contributed by atoms with van der Waals surface area (Å²) in [4.78, 5) is 0. The lowest BCUT2D eigenvalue weighted by Crippen LogP contribution is -2.47. The minimum Gasteiger partial charge on any atom is -0.317 e. The van der Waals surface area contributed by atoms with Crippen LogP contribution in [0.4, 0.5) is 0 Å². The van der Waals surface area contributed by atoms with Crippen LogP contribution in [0, 0.1) is 5.92 Å². The zero-order valence-corrected chi connectivity index (χ0v) is 10.9. The molecule has 0 aliphatic carbocycles. The van der Waals surface area contributed by atoms with Gasteiger partial charge in [0.2, 0.25) is 0 Å². The first-order chi connectivity index (χ1) is 7.55. The lowest BCUT2D eigenvalue weighted by Gasteiger charge is -2.28. The minimum absolute atomic E-state index is 0.0106. The van der Waals surface area contributed by atoms with Crippen LogP contribution in [0.5, 0.6) is 0 Å². The molecule has 3 N–H and O–H groups in total. The Morgan fingerprint density at radius 3 is 2.56 bits per heavy atom.